The Morgan fingerprint density at radius 3 is 2.77 bits per heavy atom. The smallest absolute Gasteiger partial charge is 0.191 e. The van der Waals surface area contributed by atoms with Crippen LogP contribution in [-0.4, -0.2) is 51.9 Å². The molecule has 0 saturated heterocycles. The summed E-state index contributed by atoms with van der Waals surface area (Å²) < 4.78 is 1.73. The highest BCUT2D eigenvalue weighted by Crippen LogP contribution is 2.16. The van der Waals surface area contributed by atoms with Gasteiger partial charge >= 0.3 is 0 Å². The summed E-state index contributed by atoms with van der Waals surface area (Å²) in [5.41, 5.74) is 0.817. The van der Waals surface area contributed by atoms with E-state index in [1.165, 1.54) is 0 Å². The van der Waals surface area contributed by atoms with Crippen molar-refractivity contribution in [2.24, 2.45) is 12.0 Å². The Morgan fingerprint density at radius 2 is 2.09 bits per heavy atom. The Kier molecular flexibility index (Phi) is 7.28. The van der Waals surface area contributed by atoms with Crippen molar-refractivity contribution >= 4 is 46.8 Å². The second kappa shape index (κ2) is 8.71. The predicted octanol–water partition coefficient (Wildman–Crippen LogP) is 0.967. The number of rotatable bonds is 5. The number of aryl methyl sites for hydroxylation is 1. The second-order valence-electron chi connectivity index (χ2n) is 4.95. The van der Waals surface area contributed by atoms with Crippen LogP contribution in [-0.2, 0) is 7.05 Å². The summed E-state index contributed by atoms with van der Waals surface area (Å²) in [6.07, 6.45) is 3.31. The van der Waals surface area contributed by atoms with E-state index < -0.39 is 0 Å². The fraction of sp³-hybridized carbons (Fsp3) is 0.538. The molecule has 22 heavy (non-hydrogen) atoms. The summed E-state index contributed by atoms with van der Waals surface area (Å²) in [6.45, 7) is 5.61. The number of guanidine groups is 1. The van der Waals surface area contributed by atoms with Crippen LogP contribution in [0.5, 0.6) is 0 Å². The summed E-state index contributed by atoms with van der Waals surface area (Å²) in [4.78, 5) is 12.6. The second-order valence-corrected chi connectivity index (χ2v) is 4.95. The van der Waals surface area contributed by atoms with E-state index in [1.807, 2.05) is 7.05 Å². The first-order valence-electron chi connectivity index (χ1n) is 6.95. The molecule has 0 aliphatic carbocycles. The fourth-order valence-corrected chi connectivity index (χ4v) is 1.93. The van der Waals surface area contributed by atoms with Crippen LogP contribution in [0.4, 0.5) is 5.82 Å². The number of anilines is 1. The SMILES string of the molecule is CN=C(NCCNc1ncnc2c1cnn2C)NC(C)C.I. The zero-order valence-corrected chi connectivity index (χ0v) is 15.6. The first kappa shape index (κ1) is 18.4. The molecule has 3 N–H and O–H groups in total. The highest BCUT2D eigenvalue weighted by molar-refractivity contribution is 14.0. The van der Waals surface area contributed by atoms with Gasteiger partial charge in [0.05, 0.1) is 11.6 Å². The maximum atomic E-state index is 4.26. The molecular weight excluding hydrogens is 395 g/mol. The van der Waals surface area contributed by atoms with Gasteiger partial charge in [-0.05, 0) is 13.8 Å². The predicted molar refractivity (Wildman–Crippen MR) is 99.8 cm³/mol. The van der Waals surface area contributed by atoms with Crippen LogP contribution in [0.15, 0.2) is 17.5 Å². The van der Waals surface area contributed by atoms with E-state index in [9.17, 15) is 0 Å². The lowest BCUT2D eigenvalue weighted by molar-refractivity contribution is 0.702. The lowest BCUT2D eigenvalue weighted by Crippen LogP contribution is -2.42. The molecule has 2 heterocycles. The molecular formula is C13H23IN8. The zero-order chi connectivity index (χ0) is 15.2. The van der Waals surface area contributed by atoms with Gasteiger partial charge in [0.2, 0.25) is 0 Å². The number of hydrogen-bond acceptors (Lipinski definition) is 5. The number of aromatic nitrogens is 4. The summed E-state index contributed by atoms with van der Waals surface area (Å²) in [7, 11) is 3.62. The van der Waals surface area contributed by atoms with E-state index in [4.69, 9.17) is 0 Å². The van der Waals surface area contributed by atoms with Gasteiger partial charge in [-0.3, -0.25) is 9.67 Å². The van der Waals surface area contributed by atoms with Crippen molar-refractivity contribution in [1.82, 2.24) is 30.4 Å². The summed E-state index contributed by atoms with van der Waals surface area (Å²) in [5.74, 6) is 1.59. The van der Waals surface area contributed by atoms with Crippen LogP contribution in [0.3, 0.4) is 0 Å². The van der Waals surface area contributed by atoms with E-state index in [0.29, 0.717) is 6.04 Å². The standard InChI is InChI=1S/C13H22N8.HI/c1-9(2)20-13(14-3)16-6-5-15-11-10-7-19-21(4)12(10)18-8-17-11;/h7-9H,5-6H2,1-4H3,(H2,14,16,20)(H,15,17,18);1H. The molecule has 122 valence electrons. The lowest BCUT2D eigenvalue weighted by atomic mass is 10.4. The molecule has 8 nitrogen and oxygen atoms in total. The first-order valence-corrected chi connectivity index (χ1v) is 6.95. The quantitative estimate of drug-likeness (QED) is 0.290. The van der Waals surface area contributed by atoms with Gasteiger partial charge in [0.25, 0.3) is 0 Å². The average Bonchev–Trinajstić information content (AvgIpc) is 2.84. The van der Waals surface area contributed by atoms with Crippen LogP contribution in [0.25, 0.3) is 11.0 Å². The van der Waals surface area contributed by atoms with Crippen LogP contribution in [0.2, 0.25) is 0 Å². The fourth-order valence-electron chi connectivity index (χ4n) is 1.93. The van der Waals surface area contributed by atoms with E-state index in [2.05, 4.69) is 49.9 Å². The van der Waals surface area contributed by atoms with Crippen molar-refractivity contribution in [3.63, 3.8) is 0 Å². The molecule has 0 amide bonds. The van der Waals surface area contributed by atoms with Crippen LogP contribution in [0, 0.1) is 0 Å². The summed E-state index contributed by atoms with van der Waals surface area (Å²) in [6, 6.07) is 0.348. The zero-order valence-electron chi connectivity index (χ0n) is 13.3. The molecule has 0 fully saturated rings. The topological polar surface area (TPSA) is 92.1 Å². The molecule has 0 aromatic carbocycles. The Balaban J connectivity index is 0.00000242. The first-order chi connectivity index (χ1) is 10.1. The third kappa shape index (κ3) is 4.68. The van der Waals surface area contributed by atoms with Gasteiger partial charge in [0.15, 0.2) is 11.6 Å². The van der Waals surface area contributed by atoms with Gasteiger partial charge < -0.3 is 16.0 Å². The van der Waals surface area contributed by atoms with Crippen LogP contribution < -0.4 is 16.0 Å². The van der Waals surface area contributed by atoms with Gasteiger partial charge in [-0.15, -0.1) is 24.0 Å². The van der Waals surface area contributed by atoms with Gasteiger partial charge in [-0.2, -0.15) is 5.10 Å². The molecule has 0 saturated carbocycles. The van der Waals surface area contributed by atoms with Gasteiger partial charge in [-0.1, -0.05) is 0 Å². The number of halogens is 1. The third-order valence-electron chi connectivity index (χ3n) is 2.89. The highest BCUT2D eigenvalue weighted by Gasteiger charge is 2.07. The minimum atomic E-state index is 0. The van der Waals surface area contributed by atoms with Crippen LogP contribution in [0.1, 0.15) is 13.8 Å². The molecule has 0 aliphatic heterocycles. The minimum absolute atomic E-state index is 0. The molecule has 2 aromatic heterocycles. The van der Waals surface area contributed by atoms with E-state index >= 15 is 0 Å². The van der Waals surface area contributed by atoms with Crippen molar-refractivity contribution < 1.29 is 0 Å². The van der Waals surface area contributed by atoms with Crippen molar-refractivity contribution in [3.05, 3.63) is 12.5 Å². The Bertz CT molecular complexity index is 622. The van der Waals surface area contributed by atoms with Gasteiger partial charge in [0.1, 0.15) is 12.1 Å². The maximum absolute atomic E-state index is 4.26. The van der Waals surface area contributed by atoms with Crippen molar-refractivity contribution in [2.75, 3.05) is 25.5 Å². The third-order valence-corrected chi connectivity index (χ3v) is 2.89. The average molecular weight is 418 g/mol. The highest BCUT2D eigenvalue weighted by atomic mass is 127. The molecule has 2 rings (SSSR count). The van der Waals surface area contributed by atoms with E-state index in [1.54, 1.807) is 24.3 Å². The normalized spacial score (nSPS) is 11.4. The van der Waals surface area contributed by atoms with Crippen molar-refractivity contribution in [2.45, 2.75) is 19.9 Å². The molecule has 0 spiro atoms. The molecule has 0 bridgehead atoms. The molecule has 0 radical (unpaired) electrons. The molecule has 0 unspecified atom stereocenters. The van der Waals surface area contributed by atoms with Crippen molar-refractivity contribution in [3.8, 4) is 0 Å². The van der Waals surface area contributed by atoms with E-state index in [-0.39, 0.29) is 24.0 Å². The lowest BCUT2D eigenvalue weighted by Gasteiger charge is -2.14. The Labute approximate surface area is 147 Å². The Morgan fingerprint density at radius 1 is 1.32 bits per heavy atom. The van der Waals surface area contributed by atoms with Gasteiger partial charge in [-0.25, -0.2) is 9.97 Å². The number of aliphatic imine (C=N–C) groups is 1. The molecule has 2 aromatic rings. The summed E-state index contributed by atoms with van der Waals surface area (Å²) in [5, 5.41) is 14.9. The van der Waals surface area contributed by atoms with E-state index in [0.717, 1.165) is 35.9 Å². The van der Waals surface area contributed by atoms with Crippen molar-refractivity contribution in [1.29, 1.82) is 0 Å². The summed E-state index contributed by atoms with van der Waals surface area (Å²) >= 11 is 0. The maximum Gasteiger partial charge on any atom is 0.191 e. The monoisotopic (exact) mass is 418 g/mol. The minimum Gasteiger partial charge on any atom is -0.368 e. The largest absolute Gasteiger partial charge is 0.368 e. The Hall–Kier alpha value is -1.65. The molecule has 9 heteroatoms. The van der Waals surface area contributed by atoms with Crippen LogP contribution >= 0.6 is 24.0 Å². The number of nitrogens with zero attached hydrogens (tertiary/aromatic N) is 5. The number of hydrogen-bond donors (Lipinski definition) is 3. The number of nitrogens with one attached hydrogen (secondary N) is 3. The molecule has 0 atom stereocenters. The van der Waals surface area contributed by atoms with Gasteiger partial charge in [0, 0.05) is 33.2 Å². The molecule has 0 aliphatic rings. The number of fused-ring (bicyclic) bond motifs is 1.